The molecule has 0 radical (unpaired) electrons. The van der Waals surface area contributed by atoms with Gasteiger partial charge in [-0.3, -0.25) is 4.79 Å². The first kappa shape index (κ1) is 10.4. The lowest BCUT2D eigenvalue weighted by Gasteiger charge is -2.06. The fourth-order valence-corrected chi connectivity index (χ4v) is 1.69. The Hall–Kier alpha value is -2.10. The van der Waals surface area contributed by atoms with Crippen LogP contribution in [0.5, 0.6) is 0 Å². The van der Waals surface area contributed by atoms with Gasteiger partial charge in [-0.2, -0.15) is 0 Å². The highest BCUT2D eigenvalue weighted by atomic mass is 16.5. The van der Waals surface area contributed by atoms with Crippen LogP contribution in [0.3, 0.4) is 0 Å². The number of aromatic nitrogens is 1. The molecule has 2 rings (SSSR count). The number of carbonyl (C=O) groups is 1. The summed E-state index contributed by atoms with van der Waals surface area (Å²) in [5.74, 6) is -0.438. The predicted molar refractivity (Wildman–Crippen MR) is 60.5 cm³/mol. The lowest BCUT2D eigenvalue weighted by Crippen LogP contribution is -2.19. The lowest BCUT2D eigenvalue weighted by molar-refractivity contribution is 0.0602. The molecule has 0 bridgehead atoms. The van der Waals surface area contributed by atoms with E-state index in [0.29, 0.717) is 16.3 Å². The summed E-state index contributed by atoms with van der Waals surface area (Å²) < 4.78 is 6.07. The third kappa shape index (κ3) is 1.48. The van der Waals surface area contributed by atoms with Crippen molar-refractivity contribution >= 4 is 16.7 Å². The van der Waals surface area contributed by atoms with E-state index in [1.54, 1.807) is 31.3 Å². The molecule has 82 valence electrons. The maximum absolute atomic E-state index is 11.8. The summed E-state index contributed by atoms with van der Waals surface area (Å²) in [6.07, 6.45) is 1.50. The Bertz CT molecular complexity index is 613. The Labute approximate surface area is 92.1 Å². The van der Waals surface area contributed by atoms with Gasteiger partial charge in [0.05, 0.1) is 12.7 Å². The molecule has 0 saturated carbocycles. The van der Waals surface area contributed by atoms with Crippen LogP contribution in [0.25, 0.3) is 10.8 Å². The molecule has 1 aromatic carbocycles. The third-order valence-corrected chi connectivity index (χ3v) is 2.50. The Morgan fingerprint density at radius 1 is 1.25 bits per heavy atom. The molecule has 4 nitrogen and oxygen atoms in total. The molecular formula is C12H11NO3. The topological polar surface area (TPSA) is 48.3 Å². The van der Waals surface area contributed by atoms with Crippen molar-refractivity contribution in [3.05, 3.63) is 46.4 Å². The summed E-state index contributed by atoms with van der Waals surface area (Å²) in [5.41, 5.74) is 0.281. The monoisotopic (exact) mass is 217 g/mol. The summed E-state index contributed by atoms with van der Waals surface area (Å²) in [6, 6.07) is 6.99. The second-order valence-electron chi connectivity index (χ2n) is 3.50. The number of hydrogen-bond acceptors (Lipinski definition) is 3. The molecule has 1 aromatic heterocycles. The van der Waals surface area contributed by atoms with Crippen LogP contribution in [0.4, 0.5) is 0 Å². The molecule has 0 fully saturated rings. The molecular weight excluding hydrogens is 206 g/mol. The smallest absolute Gasteiger partial charge is 0.339 e. The molecule has 0 N–H and O–H groups in total. The molecule has 16 heavy (non-hydrogen) atoms. The van der Waals surface area contributed by atoms with Crippen LogP contribution < -0.4 is 5.56 Å². The van der Waals surface area contributed by atoms with E-state index in [4.69, 9.17) is 0 Å². The Balaban J connectivity index is 2.90. The van der Waals surface area contributed by atoms with Gasteiger partial charge in [0.15, 0.2) is 0 Å². The van der Waals surface area contributed by atoms with E-state index in [9.17, 15) is 9.59 Å². The Kier molecular flexibility index (Phi) is 2.48. The van der Waals surface area contributed by atoms with Gasteiger partial charge in [0, 0.05) is 24.0 Å². The van der Waals surface area contributed by atoms with Crippen LogP contribution in [0, 0.1) is 0 Å². The number of hydrogen-bond donors (Lipinski definition) is 0. The normalized spacial score (nSPS) is 10.4. The summed E-state index contributed by atoms with van der Waals surface area (Å²) in [4.78, 5) is 23.4. The van der Waals surface area contributed by atoms with Gasteiger partial charge in [-0.05, 0) is 6.07 Å². The first-order chi connectivity index (χ1) is 7.65. The SMILES string of the molecule is COC(=O)c1cn(C)c(=O)c2ccccc12. The number of benzene rings is 1. The standard InChI is InChI=1S/C12H11NO3/c1-13-7-10(12(15)16-2)8-5-3-4-6-9(8)11(13)14/h3-7H,1-2H3. The van der Waals surface area contributed by atoms with Crippen LogP contribution in [-0.4, -0.2) is 17.6 Å². The van der Waals surface area contributed by atoms with Gasteiger partial charge < -0.3 is 9.30 Å². The number of rotatable bonds is 1. The summed E-state index contributed by atoms with van der Waals surface area (Å²) in [6.45, 7) is 0. The molecule has 1 heterocycles. The van der Waals surface area contributed by atoms with Gasteiger partial charge in [0.2, 0.25) is 0 Å². The molecule has 0 aliphatic heterocycles. The highest BCUT2D eigenvalue weighted by Crippen LogP contribution is 2.15. The van der Waals surface area contributed by atoms with E-state index in [2.05, 4.69) is 4.74 Å². The van der Waals surface area contributed by atoms with Crippen LogP contribution in [0.1, 0.15) is 10.4 Å². The minimum absolute atomic E-state index is 0.122. The number of methoxy groups -OCH3 is 1. The van der Waals surface area contributed by atoms with Crippen LogP contribution in [-0.2, 0) is 11.8 Å². The molecule has 0 amide bonds. The van der Waals surface area contributed by atoms with Crippen molar-refractivity contribution < 1.29 is 9.53 Å². The first-order valence-corrected chi connectivity index (χ1v) is 4.82. The molecule has 0 aliphatic rings. The van der Waals surface area contributed by atoms with Crippen molar-refractivity contribution in [2.45, 2.75) is 0 Å². The Morgan fingerprint density at radius 3 is 2.50 bits per heavy atom. The number of ether oxygens (including phenoxy) is 1. The number of esters is 1. The number of aryl methyl sites for hydroxylation is 1. The molecule has 0 spiro atoms. The number of carbonyl (C=O) groups excluding carboxylic acids is 1. The maximum Gasteiger partial charge on any atom is 0.339 e. The van der Waals surface area contributed by atoms with E-state index in [-0.39, 0.29) is 5.56 Å². The number of fused-ring (bicyclic) bond motifs is 1. The zero-order valence-corrected chi connectivity index (χ0v) is 9.06. The predicted octanol–water partition coefficient (Wildman–Crippen LogP) is 1.33. The van der Waals surface area contributed by atoms with Crippen molar-refractivity contribution in [1.29, 1.82) is 0 Å². The van der Waals surface area contributed by atoms with Gasteiger partial charge >= 0.3 is 5.97 Å². The van der Waals surface area contributed by atoms with Gasteiger partial charge in [-0.25, -0.2) is 4.79 Å². The third-order valence-electron chi connectivity index (χ3n) is 2.50. The van der Waals surface area contributed by atoms with Gasteiger partial charge in [-0.15, -0.1) is 0 Å². The van der Waals surface area contributed by atoms with E-state index < -0.39 is 5.97 Å². The van der Waals surface area contributed by atoms with Crippen LogP contribution in [0.15, 0.2) is 35.3 Å². The fourth-order valence-electron chi connectivity index (χ4n) is 1.69. The minimum Gasteiger partial charge on any atom is -0.465 e. The quantitative estimate of drug-likeness (QED) is 0.677. The van der Waals surface area contributed by atoms with Crippen molar-refractivity contribution in [1.82, 2.24) is 4.57 Å². The molecule has 0 saturated heterocycles. The average molecular weight is 217 g/mol. The zero-order valence-electron chi connectivity index (χ0n) is 9.06. The first-order valence-electron chi connectivity index (χ1n) is 4.82. The zero-order chi connectivity index (χ0) is 11.7. The molecule has 2 aromatic rings. The molecule has 0 atom stereocenters. The second-order valence-corrected chi connectivity index (χ2v) is 3.50. The van der Waals surface area contributed by atoms with Crippen LogP contribution in [0.2, 0.25) is 0 Å². The van der Waals surface area contributed by atoms with E-state index in [1.807, 2.05) is 0 Å². The maximum atomic E-state index is 11.8. The van der Waals surface area contributed by atoms with Crippen molar-refractivity contribution in [3.8, 4) is 0 Å². The minimum atomic E-state index is -0.438. The van der Waals surface area contributed by atoms with Gasteiger partial charge in [-0.1, -0.05) is 18.2 Å². The molecule has 0 unspecified atom stereocenters. The second kappa shape index (κ2) is 3.81. The van der Waals surface area contributed by atoms with Gasteiger partial charge in [0.1, 0.15) is 0 Å². The fraction of sp³-hybridized carbons (Fsp3) is 0.167. The highest BCUT2D eigenvalue weighted by Gasteiger charge is 2.13. The Morgan fingerprint density at radius 2 is 1.88 bits per heavy atom. The van der Waals surface area contributed by atoms with E-state index in [0.717, 1.165) is 0 Å². The van der Waals surface area contributed by atoms with Crippen molar-refractivity contribution in [2.75, 3.05) is 7.11 Å². The lowest BCUT2D eigenvalue weighted by atomic mass is 10.1. The van der Waals surface area contributed by atoms with E-state index >= 15 is 0 Å². The van der Waals surface area contributed by atoms with E-state index in [1.165, 1.54) is 17.9 Å². The largest absolute Gasteiger partial charge is 0.465 e. The number of nitrogens with zero attached hydrogens (tertiary/aromatic N) is 1. The summed E-state index contributed by atoms with van der Waals surface area (Å²) in [5, 5.41) is 1.14. The van der Waals surface area contributed by atoms with Crippen molar-refractivity contribution in [3.63, 3.8) is 0 Å². The average Bonchev–Trinajstić information content (AvgIpc) is 2.33. The summed E-state index contributed by atoms with van der Waals surface area (Å²) >= 11 is 0. The highest BCUT2D eigenvalue weighted by molar-refractivity contribution is 6.03. The summed E-state index contributed by atoms with van der Waals surface area (Å²) in [7, 11) is 2.93. The molecule has 4 heteroatoms. The number of pyridine rings is 1. The van der Waals surface area contributed by atoms with Crippen molar-refractivity contribution in [2.24, 2.45) is 7.05 Å². The van der Waals surface area contributed by atoms with Crippen LogP contribution >= 0.6 is 0 Å². The van der Waals surface area contributed by atoms with Gasteiger partial charge in [0.25, 0.3) is 5.56 Å². The molecule has 0 aliphatic carbocycles.